The number of hydrogen-bond acceptors (Lipinski definition) is 1. The van der Waals surface area contributed by atoms with Crippen molar-refractivity contribution in [2.24, 2.45) is 35.5 Å². The van der Waals surface area contributed by atoms with Crippen molar-refractivity contribution in [2.75, 3.05) is 6.61 Å². The van der Waals surface area contributed by atoms with Crippen LogP contribution in [0.4, 0.5) is 0 Å². The van der Waals surface area contributed by atoms with Crippen LogP contribution in [0.1, 0.15) is 46.5 Å². The number of rotatable bonds is 2. The van der Waals surface area contributed by atoms with Crippen LogP contribution in [0.3, 0.4) is 0 Å². The zero-order valence-electron chi connectivity index (χ0n) is 12.0. The molecule has 4 fully saturated rings. The molecule has 0 saturated heterocycles. The topological polar surface area (TPSA) is 9.23 Å². The van der Waals surface area contributed by atoms with E-state index in [2.05, 4.69) is 26.8 Å². The van der Waals surface area contributed by atoms with Gasteiger partial charge in [-0.15, -0.1) is 0 Å². The summed E-state index contributed by atoms with van der Waals surface area (Å²) in [5.74, 6) is 5.27. The predicted octanol–water partition coefficient (Wildman–Crippen LogP) is 4.04. The molecule has 0 N–H and O–H groups in total. The summed E-state index contributed by atoms with van der Waals surface area (Å²) >= 11 is 0. The normalized spacial score (nSPS) is 56.7. The summed E-state index contributed by atoms with van der Waals surface area (Å²) in [6.07, 6.45) is 8.56. The highest BCUT2D eigenvalue weighted by Crippen LogP contribution is 2.65. The first-order valence-corrected chi connectivity index (χ1v) is 7.99. The van der Waals surface area contributed by atoms with E-state index in [1.807, 2.05) is 5.57 Å². The van der Waals surface area contributed by atoms with Crippen LogP contribution in [0.25, 0.3) is 0 Å². The van der Waals surface area contributed by atoms with E-state index in [-0.39, 0.29) is 5.60 Å². The molecule has 5 rings (SSSR count). The van der Waals surface area contributed by atoms with Crippen molar-refractivity contribution in [1.82, 2.24) is 0 Å². The van der Waals surface area contributed by atoms with Crippen molar-refractivity contribution in [3.05, 3.63) is 11.6 Å². The van der Waals surface area contributed by atoms with Gasteiger partial charge in [0.25, 0.3) is 0 Å². The van der Waals surface area contributed by atoms with E-state index in [0.717, 1.165) is 36.2 Å². The van der Waals surface area contributed by atoms with Crippen molar-refractivity contribution in [3.63, 3.8) is 0 Å². The minimum absolute atomic E-state index is 0.112. The van der Waals surface area contributed by atoms with Gasteiger partial charge < -0.3 is 4.74 Å². The van der Waals surface area contributed by atoms with E-state index in [1.165, 1.54) is 25.7 Å². The zero-order valence-corrected chi connectivity index (χ0v) is 12.0. The Morgan fingerprint density at radius 2 is 2.11 bits per heavy atom. The summed E-state index contributed by atoms with van der Waals surface area (Å²) in [4.78, 5) is 0. The van der Waals surface area contributed by atoms with Gasteiger partial charge in [-0.3, -0.25) is 0 Å². The highest BCUT2D eigenvalue weighted by Gasteiger charge is 2.60. The molecule has 7 unspecified atom stereocenters. The van der Waals surface area contributed by atoms with Gasteiger partial charge >= 0.3 is 0 Å². The summed E-state index contributed by atoms with van der Waals surface area (Å²) in [6.45, 7) is 7.82. The molecule has 0 aliphatic heterocycles. The Morgan fingerprint density at radius 3 is 2.89 bits per heavy atom. The van der Waals surface area contributed by atoms with Crippen LogP contribution in [0, 0.1) is 35.5 Å². The highest BCUT2D eigenvalue weighted by molar-refractivity contribution is 5.30. The van der Waals surface area contributed by atoms with E-state index in [9.17, 15) is 0 Å². The summed E-state index contributed by atoms with van der Waals surface area (Å²) < 4.78 is 6.31. The molecule has 0 heterocycles. The first-order valence-electron chi connectivity index (χ1n) is 7.99. The average Bonchev–Trinajstić information content (AvgIpc) is 2.31. The van der Waals surface area contributed by atoms with E-state index < -0.39 is 0 Å². The molecule has 1 heteroatoms. The molecule has 0 spiro atoms. The van der Waals surface area contributed by atoms with E-state index in [1.54, 1.807) is 0 Å². The second-order valence-electron chi connectivity index (χ2n) is 7.47. The molecule has 7 atom stereocenters. The quantitative estimate of drug-likeness (QED) is 0.668. The fourth-order valence-corrected chi connectivity index (χ4v) is 6.15. The third-order valence-electron chi connectivity index (χ3n) is 6.73. The van der Waals surface area contributed by atoms with Crippen LogP contribution >= 0.6 is 0 Å². The molecule has 0 aromatic carbocycles. The van der Waals surface area contributed by atoms with Crippen LogP contribution < -0.4 is 0 Å². The maximum atomic E-state index is 6.31. The smallest absolute Gasteiger partial charge is 0.0750 e. The standard InChI is InChI=1S/C17H26O/c1-4-18-17(3)10(2)5-14-12-6-11-7-13(9-12)16(17)15(14)8-11/h5,10-13,15-16H,4,6-9H2,1-3H3. The van der Waals surface area contributed by atoms with Crippen LogP contribution in [-0.2, 0) is 4.74 Å². The third-order valence-corrected chi connectivity index (χ3v) is 6.73. The molecular formula is C17H26O. The molecule has 1 nitrogen and oxygen atoms in total. The lowest BCUT2D eigenvalue weighted by Gasteiger charge is -2.63. The minimum Gasteiger partial charge on any atom is -0.375 e. The lowest BCUT2D eigenvalue weighted by atomic mass is 9.44. The molecular weight excluding hydrogens is 220 g/mol. The summed E-state index contributed by atoms with van der Waals surface area (Å²) in [7, 11) is 0. The van der Waals surface area contributed by atoms with Gasteiger partial charge in [0.15, 0.2) is 0 Å². The molecule has 100 valence electrons. The largest absolute Gasteiger partial charge is 0.375 e. The van der Waals surface area contributed by atoms with Crippen molar-refractivity contribution < 1.29 is 4.74 Å². The maximum absolute atomic E-state index is 6.31. The van der Waals surface area contributed by atoms with Crippen molar-refractivity contribution in [3.8, 4) is 0 Å². The maximum Gasteiger partial charge on any atom is 0.0750 e. The first kappa shape index (κ1) is 11.5. The van der Waals surface area contributed by atoms with Gasteiger partial charge in [0, 0.05) is 12.5 Å². The Bertz CT molecular complexity index is 398. The van der Waals surface area contributed by atoms with E-state index >= 15 is 0 Å². The Balaban J connectivity index is 1.81. The van der Waals surface area contributed by atoms with Crippen molar-refractivity contribution in [2.45, 2.75) is 52.1 Å². The fourth-order valence-electron chi connectivity index (χ4n) is 6.15. The average molecular weight is 246 g/mol. The van der Waals surface area contributed by atoms with Crippen LogP contribution in [0.5, 0.6) is 0 Å². The fraction of sp³-hybridized carbons (Fsp3) is 0.882. The Kier molecular flexibility index (Phi) is 2.32. The Hall–Kier alpha value is -0.300. The molecule has 0 aromatic rings. The van der Waals surface area contributed by atoms with Crippen molar-refractivity contribution >= 4 is 0 Å². The van der Waals surface area contributed by atoms with Crippen LogP contribution in [0.15, 0.2) is 11.6 Å². The molecule has 18 heavy (non-hydrogen) atoms. The molecule has 0 radical (unpaired) electrons. The van der Waals surface area contributed by atoms with Gasteiger partial charge in [-0.2, -0.15) is 0 Å². The van der Waals surface area contributed by atoms with Crippen LogP contribution in [0.2, 0.25) is 0 Å². The van der Waals surface area contributed by atoms with E-state index in [0.29, 0.717) is 5.92 Å². The van der Waals surface area contributed by atoms with Gasteiger partial charge in [-0.1, -0.05) is 18.6 Å². The molecule has 6 bridgehead atoms. The number of hydrogen-bond donors (Lipinski definition) is 0. The van der Waals surface area contributed by atoms with Crippen LogP contribution in [-0.4, -0.2) is 12.2 Å². The summed E-state index contributed by atoms with van der Waals surface area (Å²) in [5, 5.41) is 0. The third kappa shape index (κ3) is 1.27. The van der Waals surface area contributed by atoms with Gasteiger partial charge in [-0.25, -0.2) is 0 Å². The minimum atomic E-state index is 0.112. The van der Waals surface area contributed by atoms with Gasteiger partial charge in [0.2, 0.25) is 0 Å². The monoisotopic (exact) mass is 246 g/mol. The van der Waals surface area contributed by atoms with Gasteiger partial charge in [0.1, 0.15) is 0 Å². The Labute approximate surface area is 111 Å². The lowest BCUT2D eigenvalue weighted by molar-refractivity contribution is -0.169. The summed E-state index contributed by atoms with van der Waals surface area (Å²) in [5.41, 5.74) is 1.96. The van der Waals surface area contributed by atoms with E-state index in [4.69, 9.17) is 4.74 Å². The second kappa shape index (κ2) is 3.62. The van der Waals surface area contributed by atoms with Crippen molar-refractivity contribution in [1.29, 1.82) is 0 Å². The van der Waals surface area contributed by atoms with Gasteiger partial charge in [-0.05, 0) is 69.1 Å². The molecule has 5 aliphatic carbocycles. The second-order valence-corrected chi connectivity index (χ2v) is 7.47. The van der Waals surface area contributed by atoms with Gasteiger partial charge in [0.05, 0.1) is 5.60 Å². The predicted molar refractivity (Wildman–Crippen MR) is 73.2 cm³/mol. The lowest BCUT2D eigenvalue weighted by Crippen LogP contribution is -2.60. The molecule has 0 aromatic heterocycles. The molecule has 0 amide bonds. The molecule has 5 aliphatic rings. The SMILES string of the molecule is CCOC1(C)C(C)C=C2C3CC4CC(C3)C1C2C4. The number of ether oxygens (including phenoxy) is 1. The molecule has 4 saturated carbocycles. The highest BCUT2D eigenvalue weighted by atomic mass is 16.5. The zero-order chi connectivity index (χ0) is 12.5. The summed E-state index contributed by atoms with van der Waals surface area (Å²) in [6, 6.07) is 0. The Morgan fingerprint density at radius 1 is 1.28 bits per heavy atom. The number of allylic oxidation sites excluding steroid dienone is 1. The first-order chi connectivity index (χ1) is 8.63.